The lowest BCUT2D eigenvalue weighted by Crippen LogP contribution is -2.30. The van der Waals surface area contributed by atoms with E-state index in [4.69, 9.17) is 10.6 Å². The van der Waals surface area contributed by atoms with Crippen molar-refractivity contribution < 1.29 is 18.8 Å². The maximum atomic E-state index is 13.3. The predicted octanol–water partition coefficient (Wildman–Crippen LogP) is 0.883. The van der Waals surface area contributed by atoms with Crippen molar-refractivity contribution in [3.8, 4) is 5.75 Å². The van der Waals surface area contributed by atoms with E-state index in [1.54, 1.807) is 0 Å². The molecule has 0 fully saturated rings. The minimum absolute atomic E-state index is 0.0187. The Morgan fingerprint density at radius 3 is 2.89 bits per heavy atom. The van der Waals surface area contributed by atoms with Gasteiger partial charge < -0.3 is 4.74 Å². The number of carbonyl (C=O) groups excluding carboxylic acids is 1. The predicted molar refractivity (Wildman–Crippen MR) is 60.1 cm³/mol. The number of nitro groups is 1. The van der Waals surface area contributed by atoms with Gasteiger partial charge in [0.05, 0.1) is 11.5 Å². The second-order valence-corrected chi connectivity index (χ2v) is 3.36. The first-order valence-corrected chi connectivity index (χ1v) is 5.11. The van der Waals surface area contributed by atoms with Crippen molar-refractivity contribution in [1.82, 2.24) is 5.43 Å². The molecular weight excluding hydrogens is 245 g/mol. The molecule has 0 unspecified atom stereocenters. The Bertz CT molecular complexity index is 453. The fourth-order valence-electron chi connectivity index (χ4n) is 1.26. The summed E-state index contributed by atoms with van der Waals surface area (Å²) in [7, 11) is 0. The number of ether oxygens (including phenoxy) is 1. The number of rotatable bonds is 6. The summed E-state index contributed by atoms with van der Waals surface area (Å²) in [5.74, 6) is 3.24. The van der Waals surface area contributed by atoms with Crippen LogP contribution >= 0.6 is 0 Å². The zero-order valence-electron chi connectivity index (χ0n) is 9.39. The molecule has 1 aromatic carbocycles. The minimum Gasteiger partial charge on any atom is -0.485 e. The molecule has 0 bridgehead atoms. The van der Waals surface area contributed by atoms with Crippen LogP contribution in [0.2, 0.25) is 0 Å². The third-order valence-electron chi connectivity index (χ3n) is 2.10. The van der Waals surface area contributed by atoms with Crippen LogP contribution in [0.4, 0.5) is 10.1 Å². The van der Waals surface area contributed by atoms with Gasteiger partial charge in [-0.25, -0.2) is 10.2 Å². The van der Waals surface area contributed by atoms with Gasteiger partial charge in [0.15, 0.2) is 5.82 Å². The number of nitrogens with two attached hydrogens (primary N) is 1. The SMILES string of the molecule is NNC(=O)CCCOc1c(F)cccc1[N+](=O)[O-]. The van der Waals surface area contributed by atoms with Crippen LogP contribution in [0.15, 0.2) is 18.2 Å². The molecule has 1 rings (SSSR count). The number of nitrogens with zero attached hydrogens (tertiary/aromatic N) is 1. The second-order valence-electron chi connectivity index (χ2n) is 3.36. The summed E-state index contributed by atoms with van der Waals surface area (Å²) in [6, 6.07) is 3.43. The van der Waals surface area contributed by atoms with Gasteiger partial charge in [0, 0.05) is 12.5 Å². The van der Waals surface area contributed by atoms with Crippen LogP contribution in [-0.4, -0.2) is 17.4 Å². The molecule has 0 radical (unpaired) electrons. The average molecular weight is 257 g/mol. The quantitative estimate of drug-likeness (QED) is 0.258. The van der Waals surface area contributed by atoms with Crippen molar-refractivity contribution >= 4 is 11.6 Å². The fourth-order valence-corrected chi connectivity index (χ4v) is 1.26. The number of hydrogen-bond donors (Lipinski definition) is 2. The summed E-state index contributed by atoms with van der Waals surface area (Å²) >= 11 is 0. The van der Waals surface area contributed by atoms with Gasteiger partial charge in [-0.05, 0) is 12.5 Å². The highest BCUT2D eigenvalue weighted by Crippen LogP contribution is 2.29. The molecular formula is C10H12FN3O4. The molecule has 0 aliphatic carbocycles. The molecule has 0 aromatic heterocycles. The number of para-hydroxylation sites is 1. The van der Waals surface area contributed by atoms with Crippen molar-refractivity contribution in [2.24, 2.45) is 5.84 Å². The van der Waals surface area contributed by atoms with Gasteiger partial charge in [0.1, 0.15) is 0 Å². The number of nitro benzene ring substituents is 1. The van der Waals surface area contributed by atoms with Gasteiger partial charge >= 0.3 is 5.69 Å². The van der Waals surface area contributed by atoms with Gasteiger partial charge in [-0.2, -0.15) is 0 Å². The van der Waals surface area contributed by atoms with E-state index in [9.17, 15) is 19.3 Å². The lowest BCUT2D eigenvalue weighted by Gasteiger charge is -2.07. The van der Waals surface area contributed by atoms with Gasteiger partial charge in [-0.3, -0.25) is 20.3 Å². The number of amides is 1. The summed E-state index contributed by atoms with van der Waals surface area (Å²) in [5.41, 5.74) is 1.48. The van der Waals surface area contributed by atoms with Crippen molar-refractivity contribution in [1.29, 1.82) is 0 Å². The Balaban J connectivity index is 2.61. The molecule has 0 spiro atoms. The highest BCUT2D eigenvalue weighted by atomic mass is 19.1. The Labute approximate surface area is 102 Å². The average Bonchev–Trinajstić information content (AvgIpc) is 2.35. The lowest BCUT2D eigenvalue weighted by molar-refractivity contribution is -0.386. The van der Waals surface area contributed by atoms with E-state index in [1.165, 1.54) is 6.07 Å². The molecule has 3 N–H and O–H groups in total. The Hall–Kier alpha value is -2.22. The Morgan fingerprint density at radius 1 is 1.56 bits per heavy atom. The number of carbonyl (C=O) groups is 1. The van der Waals surface area contributed by atoms with E-state index in [0.717, 1.165) is 12.1 Å². The first-order chi connectivity index (χ1) is 8.56. The second kappa shape index (κ2) is 6.50. The molecule has 0 aliphatic heterocycles. The highest BCUT2D eigenvalue weighted by molar-refractivity contribution is 5.75. The van der Waals surface area contributed by atoms with Crippen LogP contribution in [0.25, 0.3) is 0 Å². The zero-order valence-corrected chi connectivity index (χ0v) is 9.39. The number of hydrogen-bond acceptors (Lipinski definition) is 5. The standard InChI is InChI=1S/C10H12FN3O4/c11-7-3-1-4-8(14(16)17)10(7)18-6-2-5-9(15)13-12/h1,3-4H,2,5-6,12H2,(H,13,15). The molecule has 98 valence electrons. The molecule has 1 aromatic rings. The topological polar surface area (TPSA) is 107 Å². The molecule has 0 saturated heterocycles. The smallest absolute Gasteiger partial charge is 0.314 e. The van der Waals surface area contributed by atoms with Crippen molar-refractivity contribution in [3.05, 3.63) is 34.1 Å². The van der Waals surface area contributed by atoms with Gasteiger partial charge in [0.25, 0.3) is 0 Å². The van der Waals surface area contributed by atoms with Gasteiger partial charge in [-0.1, -0.05) is 6.07 Å². The molecule has 8 heteroatoms. The first-order valence-electron chi connectivity index (χ1n) is 5.11. The summed E-state index contributed by atoms with van der Waals surface area (Å²) < 4.78 is 18.3. The molecule has 0 saturated carbocycles. The number of nitrogens with one attached hydrogen (secondary N) is 1. The summed E-state index contributed by atoms with van der Waals surface area (Å²) in [5, 5.41) is 10.6. The van der Waals surface area contributed by atoms with Crippen LogP contribution in [0.5, 0.6) is 5.75 Å². The van der Waals surface area contributed by atoms with Crippen molar-refractivity contribution in [2.75, 3.05) is 6.61 Å². The van der Waals surface area contributed by atoms with E-state index in [2.05, 4.69) is 0 Å². The van der Waals surface area contributed by atoms with E-state index in [1.807, 2.05) is 5.43 Å². The molecule has 18 heavy (non-hydrogen) atoms. The van der Waals surface area contributed by atoms with Crippen LogP contribution in [-0.2, 0) is 4.79 Å². The molecule has 0 atom stereocenters. The Kier molecular flexibility index (Phi) is 5.00. The third-order valence-corrected chi connectivity index (χ3v) is 2.10. The van der Waals surface area contributed by atoms with Gasteiger partial charge in [0.2, 0.25) is 11.7 Å². The summed E-state index contributed by atoms with van der Waals surface area (Å²) in [4.78, 5) is 20.7. The largest absolute Gasteiger partial charge is 0.485 e. The molecule has 1 amide bonds. The first kappa shape index (κ1) is 13.8. The molecule has 7 nitrogen and oxygen atoms in total. The van der Waals surface area contributed by atoms with Crippen LogP contribution < -0.4 is 16.0 Å². The molecule has 0 aliphatic rings. The maximum absolute atomic E-state index is 13.3. The minimum atomic E-state index is -0.813. The third kappa shape index (κ3) is 3.67. The number of halogens is 1. The Morgan fingerprint density at radius 2 is 2.28 bits per heavy atom. The van der Waals surface area contributed by atoms with E-state index < -0.39 is 22.2 Å². The normalized spacial score (nSPS) is 9.89. The monoisotopic (exact) mass is 257 g/mol. The zero-order chi connectivity index (χ0) is 13.5. The van der Waals surface area contributed by atoms with E-state index >= 15 is 0 Å². The van der Waals surface area contributed by atoms with Crippen LogP contribution in [0.1, 0.15) is 12.8 Å². The summed E-state index contributed by atoms with van der Waals surface area (Å²) in [6.07, 6.45) is 0.368. The fraction of sp³-hybridized carbons (Fsp3) is 0.300. The van der Waals surface area contributed by atoms with E-state index in [-0.39, 0.29) is 25.4 Å². The highest BCUT2D eigenvalue weighted by Gasteiger charge is 2.19. The van der Waals surface area contributed by atoms with Crippen LogP contribution in [0.3, 0.4) is 0 Å². The van der Waals surface area contributed by atoms with Crippen molar-refractivity contribution in [2.45, 2.75) is 12.8 Å². The van der Waals surface area contributed by atoms with Crippen molar-refractivity contribution in [3.63, 3.8) is 0 Å². The maximum Gasteiger partial charge on any atom is 0.314 e. The van der Waals surface area contributed by atoms with E-state index in [0.29, 0.717) is 0 Å². The lowest BCUT2D eigenvalue weighted by atomic mass is 10.3. The molecule has 0 heterocycles. The van der Waals surface area contributed by atoms with Gasteiger partial charge in [-0.15, -0.1) is 0 Å². The number of benzene rings is 1. The van der Waals surface area contributed by atoms with Crippen LogP contribution in [0, 0.1) is 15.9 Å². The number of hydrazine groups is 1. The summed E-state index contributed by atoms with van der Waals surface area (Å²) in [6.45, 7) is -0.0187.